The highest BCUT2D eigenvalue weighted by atomic mass is 16.4. The topological polar surface area (TPSA) is 75.1 Å². The molecule has 0 radical (unpaired) electrons. The number of benzene rings is 1. The number of aromatic nitrogens is 2. The quantitative estimate of drug-likeness (QED) is 0.764. The third kappa shape index (κ3) is 3.16. The number of hydrogen-bond acceptors (Lipinski definition) is 4. The molecule has 1 aromatic heterocycles. The molecule has 0 fully saturated rings. The number of anilines is 1. The molecule has 2 rings (SSSR count). The number of carbonyl (C=O) groups is 1. The molecule has 18 heavy (non-hydrogen) atoms. The van der Waals surface area contributed by atoms with E-state index in [1.165, 1.54) is 0 Å². The van der Waals surface area contributed by atoms with E-state index < -0.39 is 5.97 Å². The van der Waals surface area contributed by atoms with Gasteiger partial charge in [0, 0.05) is 18.4 Å². The normalized spacial score (nSPS) is 10.4. The maximum absolute atomic E-state index is 10.4. The first-order valence-corrected chi connectivity index (χ1v) is 5.93. The Kier molecular flexibility index (Phi) is 4.06. The molecule has 0 bridgehead atoms. The largest absolute Gasteiger partial charge is 0.481 e. The van der Waals surface area contributed by atoms with Gasteiger partial charge in [0.15, 0.2) is 0 Å². The Morgan fingerprint density at radius 2 is 2.11 bits per heavy atom. The summed E-state index contributed by atoms with van der Waals surface area (Å²) in [7, 11) is 0. The van der Waals surface area contributed by atoms with Crippen LogP contribution in [0.2, 0.25) is 0 Å². The van der Waals surface area contributed by atoms with Gasteiger partial charge < -0.3 is 10.4 Å². The predicted octanol–water partition coefficient (Wildman–Crippen LogP) is 2.30. The van der Waals surface area contributed by atoms with E-state index in [-0.39, 0.29) is 6.42 Å². The fourth-order valence-corrected chi connectivity index (χ4v) is 1.77. The molecule has 0 saturated carbocycles. The first kappa shape index (κ1) is 12.3. The van der Waals surface area contributed by atoms with E-state index >= 15 is 0 Å². The van der Waals surface area contributed by atoms with Crippen molar-refractivity contribution < 1.29 is 9.90 Å². The average Bonchev–Trinajstić information content (AvgIpc) is 2.38. The van der Waals surface area contributed by atoms with Crippen LogP contribution in [0, 0.1) is 0 Å². The standard InChI is InChI=1S/C13H15N3O2/c17-13(18)7-3-4-8-14-12-9-15-16-11-6-2-1-5-10(11)12/h1-2,5-6,9H,3-4,7-8H2,(H,14,16)(H,17,18). The lowest BCUT2D eigenvalue weighted by atomic mass is 10.2. The van der Waals surface area contributed by atoms with Crippen molar-refractivity contribution in [2.75, 3.05) is 11.9 Å². The number of carboxylic acid groups (broad SMARTS) is 1. The third-order valence-corrected chi connectivity index (χ3v) is 2.68. The number of rotatable bonds is 6. The highest BCUT2D eigenvalue weighted by molar-refractivity contribution is 5.90. The van der Waals surface area contributed by atoms with Crippen LogP contribution in [-0.4, -0.2) is 27.8 Å². The minimum atomic E-state index is -0.744. The number of aliphatic carboxylic acids is 1. The van der Waals surface area contributed by atoms with E-state index in [4.69, 9.17) is 5.11 Å². The van der Waals surface area contributed by atoms with Crippen LogP contribution in [0.5, 0.6) is 0 Å². The molecular formula is C13H15N3O2. The van der Waals surface area contributed by atoms with Crippen molar-refractivity contribution in [1.29, 1.82) is 0 Å². The molecule has 94 valence electrons. The van der Waals surface area contributed by atoms with E-state index in [1.807, 2.05) is 24.3 Å². The summed E-state index contributed by atoms with van der Waals surface area (Å²) in [4.78, 5) is 10.4. The van der Waals surface area contributed by atoms with Gasteiger partial charge in [0.05, 0.1) is 17.4 Å². The summed E-state index contributed by atoms with van der Waals surface area (Å²) < 4.78 is 0. The van der Waals surface area contributed by atoms with Crippen molar-refractivity contribution in [1.82, 2.24) is 10.2 Å². The number of fused-ring (bicyclic) bond motifs is 1. The molecule has 0 spiro atoms. The molecule has 0 unspecified atom stereocenters. The molecule has 0 atom stereocenters. The van der Waals surface area contributed by atoms with Crippen molar-refractivity contribution in [3.63, 3.8) is 0 Å². The number of carboxylic acids is 1. The van der Waals surface area contributed by atoms with E-state index in [1.54, 1.807) is 6.20 Å². The summed E-state index contributed by atoms with van der Waals surface area (Å²) in [6.45, 7) is 0.739. The Morgan fingerprint density at radius 3 is 2.94 bits per heavy atom. The number of unbranched alkanes of at least 4 members (excludes halogenated alkanes) is 1. The van der Waals surface area contributed by atoms with Gasteiger partial charge in [0.25, 0.3) is 0 Å². The predicted molar refractivity (Wildman–Crippen MR) is 69.5 cm³/mol. The molecular weight excluding hydrogens is 230 g/mol. The van der Waals surface area contributed by atoms with Crippen molar-refractivity contribution in [2.24, 2.45) is 0 Å². The molecule has 1 aromatic carbocycles. The Hall–Kier alpha value is -2.17. The molecule has 5 heteroatoms. The second-order valence-electron chi connectivity index (χ2n) is 4.05. The summed E-state index contributed by atoms with van der Waals surface area (Å²) in [6, 6.07) is 7.79. The summed E-state index contributed by atoms with van der Waals surface area (Å²) in [5.74, 6) is -0.744. The van der Waals surface area contributed by atoms with Crippen LogP contribution in [0.15, 0.2) is 30.5 Å². The van der Waals surface area contributed by atoms with Crippen LogP contribution >= 0.6 is 0 Å². The molecule has 0 saturated heterocycles. The highest BCUT2D eigenvalue weighted by Gasteiger charge is 2.01. The van der Waals surface area contributed by atoms with Gasteiger partial charge in [0.1, 0.15) is 0 Å². The first-order valence-electron chi connectivity index (χ1n) is 5.93. The highest BCUT2D eigenvalue weighted by Crippen LogP contribution is 2.19. The van der Waals surface area contributed by atoms with Crippen LogP contribution in [0.1, 0.15) is 19.3 Å². The third-order valence-electron chi connectivity index (χ3n) is 2.68. The second kappa shape index (κ2) is 5.95. The Balaban J connectivity index is 1.93. The first-order chi connectivity index (χ1) is 8.77. The van der Waals surface area contributed by atoms with Crippen LogP contribution in [-0.2, 0) is 4.79 Å². The Bertz CT molecular complexity index is 537. The van der Waals surface area contributed by atoms with Gasteiger partial charge in [-0.25, -0.2) is 0 Å². The van der Waals surface area contributed by atoms with Gasteiger partial charge in [-0.2, -0.15) is 10.2 Å². The lowest BCUT2D eigenvalue weighted by molar-refractivity contribution is -0.137. The van der Waals surface area contributed by atoms with Gasteiger partial charge in [-0.05, 0) is 18.9 Å². The van der Waals surface area contributed by atoms with Gasteiger partial charge >= 0.3 is 5.97 Å². The number of nitrogens with one attached hydrogen (secondary N) is 1. The van der Waals surface area contributed by atoms with E-state index in [0.29, 0.717) is 6.42 Å². The van der Waals surface area contributed by atoms with Crippen molar-refractivity contribution in [3.05, 3.63) is 30.5 Å². The van der Waals surface area contributed by atoms with Gasteiger partial charge in [-0.3, -0.25) is 4.79 Å². The number of hydrogen-bond donors (Lipinski definition) is 2. The average molecular weight is 245 g/mol. The van der Waals surface area contributed by atoms with Crippen molar-refractivity contribution in [2.45, 2.75) is 19.3 Å². The number of nitrogens with zero attached hydrogens (tertiary/aromatic N) is 2. The van der Waals surface area contributed by atoms with Crippen molar-refractivity contribution >= 4 is 22.6 Å². The smallest absolute Gasteiger partial charge is 0.303 e. The summed E-state index contributed by atoms with van der Waals surface area (Å²) in [6.07, 6.45) is 3.41. The fourth-order valence-electron chi connectivity index (χ4n) is 1.77. The Morgan fingerprint density at radius 1 is 1.28 bits per heavy atom. The van der Waals surface area contributed by atoms with Crippen LogP contribution < -0.4 is 5.32 Å². The fraction of sp³-hybridized carbons (Fsp3) is 0.308. The van der Waals surface area contributed by atoms with Crippen LogP contribution in [0.3, 0.4) is 0 Å². The van der Waals surface area contributed by atoms with Crippen LogP contribution in [0.25, 0.3) is 10.9 Å². The summed E-state index contributed by atoms with van der Waals surface area (Å²) in [5, 5.41) is 20.8. The summed E-state index contributed by atoms with van der Waals surface area (Å²) >= 11 is 0. The van der Waals surface area contributed by atoms with Gasteiger partial charge in [-0.1, -0.05) is 18.2 Å². The lowest BCUT2D eigenvalue weighted by Gasteiger charge is -2.07. The minimum absolute atomic E-state index is 0.219. The zero-order valence-corrected chi connectivity index (χ0v) is 9.97. The second-order valence-corrected chi connectivity index (χ2v) is 4.05. The minimum Gasteiger partial charge on any atom is -0.481 e. The molecule has 2 N–H and O–H groups in total. The lowest BCUT2D eigenvalue weighted by Crippen LogP contribution is -2.04. The molecule has 1 heterocycles. The monoisotopic (exact) mass is 245 g/mol. The summed E-state index contributed by atoms with van der Waals surface area (Å²) in [5.41, 5.74) is 1.80. The maximum Gasteiger partial charge on any atom is 0.303 e. The Labute approximate surface area is 105 Å². The van der Waals surface area contributed by atoms with Crippen molar-refractivity contribution in [3.8, 4) is 0 Å². The molecule has 0 amide bonds. The molecule has 0 aliphatic carbocycles. The molecule has 0 aliphatic rings. The van der Waals surface area contributed by atoms with Gasteiger partial charge in [-0.15, -0.1) is 0 Å². The zero-order valence-electron chi connectivity index (χ0n) is 9.97. The zero-order chi connectivity index (χ0) is 12.8. The SMILES string of the molecule is O=C(O)CCCCNc1cnnc2ccccc12. The molecule has 2 aromatic rings. The maximum atomic E-state index is 10.4. The van der Waals surface area contributed by atoms with Gasteiger partial charge in [0.2, 0.25) is 0 Å². The van der Waals surface area contributed by atoms with E-state index in [2.05, 4.69) is 15.5 Å². The van der Waals surface area contributed by atoms with E-state index in [0.717, 1.165) is 29.6 Å². The molecule has 5 nitrogen and oxygen atoms in total. The molecule has 0 aliphatic heterocycles. The van der Waals surface area contributed by atoms with E-state index in [9.17, 15) is 4.79 Å². The van der Waals surface area contributed by atoms with Crippen LogP contribution in [0.4, 0.5) is 5.69 Å².